The molecule has 2 nitrogen and oxygen atoms in total. The highest BCUT2D eigenvalue weighted by Crippen LogP contribution is 2.26. The maximum absolute atomic E-state index is 9.08. The van der Waals surface area contributed by atoms with Gasteiger partial charge in [0, 0.05) is 24.3 Å². The van der Waals surface area contributed by atoms with Crippen molar-refractivity contribution in [3.05, 3.63) is 49.6 Å². The Bertz CT molecular complexity index is 544. The fourth-order valence-electron chi connectivity index (χ4n) is 1.70. The van der Waals surface area contributed by atoms with Gasteiger partial charge in [0.05, 0.1) is 10.4 Å². The minimum Gasteiger partial charge on any atom is -0.392 e. The molecule has 0 amide bonds. The molecule has 0 bridgehead atoms. The van der Waals surface area contributed by atoms with E-state index in [0.29, 0.717) is 5.02 Å². The van der Waals surface area contributed by atoms with E-state index in [1.54, 1.807) is 11.3 Å². The van der Waals surface area contributed by atoms with E-state index in [1.165, 1.54) is 5.56 Å². The van der Waals surface area contributed by atoms with E-state index < -0.39 is 0 Å². The molecular formula is C13H13BrClNOS. The summed E-state index contributed by atoms with van der Waals surface area (Å²) in [5, 5.41) is 11.8. The summed E-state index contributed by atoms with van der Waals surface area (Å²) in [7, 11) is 2.02. The highest BCUT2D eigenvalue weighted by atomic mass is 79.9. The molecule has 96 valence electrons. The van der Waals surface area contributed by atoms with Crippen LogP contribution >= 0.6 is 38.9 Å². The molecule has 0 aliphatic rings. The third kappa shape index (κ3) is 3.26. The molecule has 1 N–H and O–H groups in total. The Kier molecular flexibility index (Phi) is 4.67. The zero-order valence-corrected chi connectivity index (χ0v) is 13.0. The molecule has 2 aromatic rings. The number of aliphatic hydroxyl groups excluding tert-OH is 1. The van der Waals surface area contributed by atoms with Gasteiger partial charge in [0.15, 0.2) is 0 Å². The number of anilines is 1. The number of thiophene rings is 1. The average Bonchev–Trinajstić information content (AvgIpc) is 2.74. The first kappa shape index (κ1) is 13.9. The van der Waals surface area contributed by atoms with Gasteiger partial charge in [-0.1, -0.05) is 17.7 Å². The smallest absolute Gasteiger partial charge is 0.0701 e. The fourth-order valence-corrected chi connectivity index (χ4v) is 3.13. The summed E-state index contributed by atoms with van der Waals surface area (Å²) in [6, 6.07) is 7.83. The molecule has 0 unspecified atom stereocenters. The Morgan fingerprint density at radius 1 is 1.39 bits per heavy atom. The van der Waals surface area contributed by atoms with E-state index in [1.807, 2.05) is 25.2 Å². The third-order valence-electron chi connectivity index (χ3n) is 2.69. The number of hydrogen-bond donors (Lipinski definition) is 1. The Morgan fingerprint density at radius 3 is 2.72 bits per heavy atom. The second kappa shape index (κ2) is 6.06. The molecule has 0 fully saturated rings. The molecule has 0 aliphatic heterocycles. The molecule has 1 heterocycles. The van der Waals surface area contributed by atoms with Crippen molar-refractivity contribution in [1.29, 1.82) is 0 Å². The van der Waals surface area contributed by atoms with Gasteiger partial charge in [-0.25, -0.2) is 0 Å². The van der Waals surface area contributed by atoms with Crippen LogP contribution in [0, 0.1) is 0 Å². The number of nitrogens with zero attached hydrogens (tertiary/aromatic N) is 1. The number of halogens is 2. The van der Waals surface area contributed by atoms with Crippen molar-refractivity contribution >= 4 is 44.6 Å². The van der Waals surface area contributed by atoms with Crippen LogP contribution in [0.25, 0.3) is 0 Å². The van der Waals surface area contributed by atoms with E-state index in [4.69, 9.17) is 16.7 Å². The lowest BCUT2D eigenvalue weighted by Crippen LogP contribution is -2.15. The minimum atomic E-state index is -0.0275. The SMILES string of the molecule is CN(Cc1csc(Br)c1)c1ccc(CO)c(Cl)c1. The monoisotopic (exact) mass is 345 g/mol. The maximum Gasteiger partial charge on any atom is 0.0701 e. The van der Waals surface area contributed by atoms with Crippen LogP contribution in [0.2, 0.25) is 5.02 Å². The zero-order valence-electron chi connectivity index (χ0n) is 9.86. The lowest BCUT2D eigenvalue weighted by Gasteiger charge is -2.19. The van der Waals surface area contributed by atoms with Gasteiger partial charge in [0.2, 0.25) is 0 Å². The second-order valence-corrected chi connectivity index (χ2v) is 6.75. The molecule has 0 spiro atoms. The van der Waals surface area contributed by atoms with Crippen LogP contribution in [0.15, 0.2) is 33.4 Å². The topological polar surface area (TPSA) is 23.5 Å². The Balaban J connectivity index is 2.13. The van der Waals surface area contributed by atoms with Crippen molar-refractivity contribution in [3.8, 4) is 0 Å². The molecule has 0 radical (unpaired) electrons. The summed E-state index contributed by atoms with van der Waals surface area (Å²) in [5.41, 5.74) is 3.06. The first-order chi connectivity index (χ1) is 8.60. The van der Waals surface area contributed by atoms with Gasteiger partial charge in [-0.2, -0.15) is 0 Å². The summed E-state index contributed by atoms with van der Waals surface area (Å²) in [5.74, 6) is 0. The molecule has 0 aliphatic carbocycles. The van der Waals surface area contributed by atoms with Crippen molar-refractivity contribution in [3.63, 3.8) is 0 Å². The summed E-state index contributed by atoms with van der Waals surface area (Å²) in [6.45, 7) is 0.803. The van der Waals surface area contributed by atoms with Gasteiger partial charge >= 0.3 is 0 Å². The fraction of sp³-hybridized carbons (Fsp3) is 0.231. The number of benzene rings is 1. The molecule has 1 aromatic heterocycles. The largest absolute Gasteiger partial charge is 0.392 e. The maximum atomic E-state index is 9.08. The first-order valence-corrected chi connectivity index (χ1v) is 7.48. The lowest BCUT2D eigenvalue weighted by atomic mass is 10.2. The number of aliphatic hydroxyl groups is 1. The van der Waals surface area contributed by atoms with Crippen molar-refractivity contribution < 1.29 is 5.11 Å². The van der Waals surface area contributed by atoms with Gasteiger partial charge in [-0.15, -0.1) is 11.3 Å². The van der Waals surface area contributed by atoms with Crippen molar-refractivity contribution in [1.82, 2.24) is 0 Å². The van der Waals surface area contributed by atoms with Gasteiger partial charge in [-0.3, -0.25) is 0 Å². The molecule has 18 heavy (non-hydrogen) atoms. The van der Waals surface area contributed by atoms with E-state index in [2.05, 4.69) is 32.3 Å². The minimum absolute atomic E-state index is 0.0275. The molecule has 2 rings (SSSR count). The normalized spacial score (nSPS) is 10.7. The van der Waals surface area contributed by atoms with Crippen LogP contribution < -0.4 is 4.90 Å². The molecule has 1 aromatic carbocycles. The van der Waals surface area contributed by atoms with E-state index in [-0.39, 0.29) is 6.61 Å². The second-order valence-electron chi connectivity index (χ2n) is 4.05. The predicted octanol–water partition coefficient (Wildman–Crippen LogP) is 4.29. The van der Waals surface area contributed by atoms with Gasteiger partial charge in [0.25, 0.3) is 0 Å². The quantitative estimate of drug-likeness (QED) is 0.892. The third-order valence-corrected chi connectivity index (χ3v) is 4.59. The van der Waals surface area contributed by atoms with Crippen LogP contribution in [0.5, 0.6) is 0 Å². The van der Waals surface area contributed by atoms with Crippen molar-refractivity contribution in [2.24, 2.45) is 0 Å². The van der Waals surface area contributed by atoms with Gasteiger partial charge < -0.3 is 10.0 Å². The van der Waals surface area contributed by atoms with Gasteiger partial charge in [-0.05, 0) is 50.6 Å². The predicted molar refractivity (Wildman–Crippen MR) is 81.5 cm³/mol. The zero-order chi connectivity index (χ0) is 13.1. The highest BCUT2D eigenvalue weighted by molar-refractivity contribution is 9.11. The number of rotatable bonds is 4. The van der Waals surface area contributed by atoms with Crippen LogP contribution in [-0.2, 0) is 13.2 Å². The molecular weight excluding hydrogens is 334 g/mol. The molecule has 0 atom stereocenters. The summed E-state index contributed by atoms with van der Waals surface area (Å²) in [6.07, 6.45) is 0. The van der Waals surface area contributed by atoms with Crippen LogP contribution in [0.3, 0.4) is 0 Å². The Morgan fingerprint density at radius 2 is 2.17 bits per heavy atom. The van der Waals surface area contributed by atoms with Crippen molar-refractivity contribution in [2.75, 3.05) is 11.9 Å². The van der Waals surface area contributed by atoms with E-state index in [0.717, 1.165) is 21.6 Å². The van der Waals surface area contributed by atoms with Crippen LogP contribution in [0.1, 0.15) is 11.1 Å². The van der Waals surface area contributed by atoms with Crippen LogP contribution in [-0.4, -0.2) is 12.2 Å². The summed E-state index contributed by atoms with van der Waals surface area (Å²) in [4.78, 5) is 2.13. The van der Waals surface area contributed by atoms with Crippen LogP contribution in [0.4, 0.5) is 5.69 Å². The van der Waals surface area contributed by atoms with E-state index >= 15 is 0 Å². The Labute approximate surface area is 124 Å². The molecule has 0 saturated carbocycles. The standard InChI is InChI=1S/C13H13BrClNOS/c1-16(6-9-4-13(14)18-8-9)11-3-2-10(7-17)12(15)5-11/h2-5,8,17H,6-7H2,1H3. The summed E-state index contributed by atoms with van der Waals surface area (Å²) >= 11 is 11.2. The Hall–Kier alpha value is -0.550. The lowest BCUT2D eigenvalue weighted by molar-refractivity contribution is 0.282. The molecule has 5 heteroatoms. The van der Waals surface area contributed by atoms with Crippen molar-refractivity contribution in [2.45, 2.75) is 13.2 Å². The number of hydrogen-bond acceptors (Lipinski definition) is 3. The van der Waals surface area contributed by atoms with E-state index in [9.17, 15) is 0 Å². The summed E-state index contributed by atoms with van der Waals surface area (Å²) < 4.78 is 1.14. The highest BCUT2D eigenvalue weighted by Gasteiger charge is 2.06. The van der Waals surface area contributed by atoms with Gasteiger partial charge in [0.1, 0.15) is 0 Å². The first-order valence-electron chi connectivity index (χ1n) is 5.43. The molecule has 0 saturated heterocycles. The average molecular weight is 347 g/mol.